The van der Waals surface area contributed by atoms with E-state index in [4.69, 9.17) is 4.74 Å². The first-order chi connectivity index (χ1) is 9.89. The summed E-state index contributed by atoms with van der Waals surface area (Å²) in [4.78, 5) is 10.4. The summed E-state index contributed by atoms with van der Waals surface area (Å²) in [5, 5.41) is 14.2. The third kappa shape index (κ3) is 5.61. The molecule has 0 unspecified atom stereocenters. The van der Waals surface area contributed by atoms with Crippen molar-refractivity contribution in [1.82, 2.24) is 0 Å². The minimum atomic E-state index is -0.433. The maximum absolute atomic E-state index is 10.9. The van der Waals surface area contributed by atoms with Crippen LogP contribution in [0.1, 0.15) is 46.5 Å². The average molecular weight is 294 g/mol. The van der Waals surface area contributed by atoms with E-state index in [9.17, 15) is 10.1 Å². The Balaban J connectivity index is 2.65. The van der Waals surface area contributed by atoms with Crippen molar-refractivity contribution in [2.24, 2.45) is 5.41 Å². The quantitative estimate of drug-likeness (QED) is 0.410. The number of unbranched alkanes of at least 4 members (excludes halogenated alkanes) is 2. The lowest BCUT2D eigenvalue weighted by Gasteiger charge is -2.25. The van der Waals surface area contributed by atoms with E-state index in [-0.39, 0.29) is 16.9 Å². The van der Waals surface area contributed by atoms with Crippen molar-refractivity contribution in [3.63, 3.8) is 0 Å². The maximum Gasteiger partial charge on any atom is 0.311 e. The smallest absolute Gasteiger partial charge is 0.311 e. The van der Waals surface area contributed by atoms with Crippen LogP contribution < -0.4 is 10.1 Å². The molecule has 1 aromatic carbocycles. The number of rotatable bonds is 9. The van der Waals surface area contributed by atoms with Crippen LogP contribution in [0, 0.1) is 15.5 Å². The summed E-state index contributed by atoms with van der Waals surface area (Å²) in [6.45, 7) is 7.50. The fraction of sp³-hybridized carbons (Fsp3) is 0.625. The van der Waals surface area contributed by atoms with E-state index in [1.165, 1.54) is 32.4 Å². The van der Waals surface area contributed by atoms with Crippen LogP contribution in [0.5, 0.6) is 5.75 Å². The van der Waals surface area contributed by atoms with E-state index in [2.05, 4.69) is 26.1 Å². The molecule has 0 fully saturated rings. The van der Waals surface area contributed by atoms with Gasteiger partial charge in [0.25, 0.3) is 0 Å². The van der Waals surface area contributed by atoms with E-state index < -0.39 is 4.92 Å². The molecule has 1 aromatic rings. The van der Waals surface area contributed by atoms with Crippen LogP contribution in [-0.4, -0.2) is 18.6 Å². The van der Waals surface area contributed by atoms with Gasteiger partial charge in [-0.1, -0.05) is 40.0 Å². The molecule has 0 amide bonds. The van der Waals surface area contributed by atoms with Crippen LogP contribution in [0.4, 0.5) is 11.4 Å². The molecule has 1 N–H and O–H groups in total. The number of hydrogen-bond acceptors (Lipinski definition) is 4. The van der Waals surface area contributed by atoms with Crippen molar-refractivity contribution in [2.75, 3.05) is 19.0 Å². The van der Waals surface area contributed by atoms with Gasteiger partial charge in [-0.15, -0.1) is 0 Å². The van der Waals surface area contributed by atoms with Crippen molar-refractivity contribution in [3.8, 4) is 5.75 Å². The van der Waals surface area contributed by atoms with Gasteiger partial charge in [0.05, 0.1) is 12.0 Å². The molecule has 5 heteroatoms. The van der Waals surface area contributed by atoms with Crippen LogP contribution in [0.2, 0.25) is 0 Å². The molecule has 0 radical (unpaired) electrons. The Labute approximate surface area is 126 Å². The van der Waals surface area contributed by atoms with Crippen molar-refractivity contribution in [3.05, 3.63) is 28.3 Å². The molecule has 0 saturated heterocycles. The molecule has 0 aliphatic carbocycles. The minimum Gasteiger partial charge on any atom is -0.490 e. The summed E-state index contributed by atoms with van der Waals surface area (Å²) < 4.78 is 5.08. The second kappa shape index (κ2) is 7.86. The van der Waals surface area contributed by atoms with E-state index >= 15 is 0 Å². The fourth-order valence-corrected chi connectivity index (χ4v) is 2.22. The molecule has 0 bridgehead atoms. The zero-order valence-corrected chi connectivity index (χ0v) is 13.4. The van der Waals surface area contributed by atoms with Crippen molar-refractivity contribution in [1.29, 1.82) is 0 Å². The minimum absolute atomic E-state index is 0.00902. The molecular formula is C16H26N2O3. The number of methoxy groups -OCH3 is 1. The summed E-state index contributed by atoms with van der Waals surface area (Å²) in [5.41, 5.74) is 1.04. The van der Waals surface area contributed by atoms with Gasteiger partial charge >= 0.3 is 5.69 Å². The SMILES string of the molecule is CCCCCC(C)(C)CNc1ccc([N+](=O)[O-])c(OC)c1. The number of nitro benzene ring substituents is 1. The lowest BCUT2D eigenvalue weighted by atomic mass is 9.87. The summed E-state index contributed by atoms with van der Waals surface area (Å²) in [5.74, 6) is 0.286. The second-order valence-electron chi connectivity index (χ2n) is 6.12. The predicted molar refractivity (Wildman–Crippen MR) is 86.1 cm³/mol. The zero-order valence-electron chi connectivity index (χ0n) is 13.4. The predicted octanol–water partition coefficient (Wildman–Crippen LogP) is 4.62. The van der Waals surface area contributed by atoms with Crippen LogP contribution >= 0.6 is 0 Å². The van der Waals surface area contributed by atoms with Gasteiger partial charge in [-0.2, -0.15) is 0 Å². The molecule has 0 aliphatic rings. The molecule has 21 heavy (non-hydrogen) atoms. The van der Waals surface area contributed by atoms with Crippen molar-refractivity contribution < 1.29 is 9.66 Å². The molecule has 5 nitrogen and oxygen atoms in total. The van der Waals surface area contributed by atoms with E-state index in [1.54, 1.807) is 12.1 Å². The van der Waals surface area contributed by atoms with Gasteiger partial charge in [-0.3, -0.25) is 10.1 Å². The van der Waals surface area contributed by atoms with Gasteiger partial charge in [0.1, 0.15) is 0 Å². The largest absolute Gasteiger partial charge is 0.490 e. The van der Waals surface area contributed by atoms with E-state index in [1.807, 2.05) is 0 Å². The molecule has 0 atom stereocenters. The molecule has 1 rings (SSSR count). The molecule has 0 heterocycles. The third-order valence-corrected chi connectivity index (χ3v) is 3.60. The normalized spacial score (nSPS) is 11.2. The maximum atomic E-state index is 10.9. The second-order valence-corrected chi connectivity index (χ2v) is 6.12. The third-order valence-electron chi connectivity index (χ3n) is 3.60. The zero-order chi connectivity index (χ0) is 15.9. The molecule has 0 saturated carbocycles. The number of benzene rings is 1. The molecule has 0 aromatic heterocycles. The van der Waals surface area contributed by atoms with Crippen LogP contribution in [-0.2, 0) is 0 Å². The van der Waals surface area contributed by atoms with Gasteiger partial charge in [0.15, 0.2) is 5.75 Å². The molecule has 0 aliphatic heterocycles. The highest BCUT2D eigenvalue weighted by molar-refractivity contribution is 5.58. The van der Waals surface area contributed by atoms with Crippen molar-refractivity contribution >= 4 is 11.4 Å². The molecule has 0 spiro atoms. The van der Waals surface area contributed by atoms with Gasteiger partial charge in [-0.05, 0) is 17.9 Å². The lowest BCUT2D eigenvalue weighted by Crippen LogP contribution is -2.23. The average Bonchev–Trinajstić information content (AvgIpc) is 2.45. The van der Waals surface area contributed by atoms with Gasteiger partial charge in [0, 0.05) is 24.4 Å². The first-order valence-electron chi connectivity index (χ1n) is 7.46. The van der Waals surface area contributed by atoms with E-state index in [0.29, 0.717) is 0 Å². The Morgan fingerprint density at radius 3 is 2.62 bits per heavy atom. The summed E-state index contributed by atoms with van der Waals surface area (Å²) in [7, 11) is 1.45. The Morgan fingerprint density at radius 1 is 1.33 bits per heavy atom. The number of ether oxygens (including phenoxy) is 1. The summed E-state index contributed by atoms with van der Waals surface area (Å²) in [6, 6.07) is 4.88. The van der Waals surface area contributed by atoms with Crippen molar-refractivity contribution in [2.45, 2.75) is 46.5 Å². The highest BCUT2D eigenvalue weighted by Crippen LogP contribution is 2.31. The fourth-order valence-electron chi connectivity index (χ4n) is 2.22. The Morgan fingerprint density at radius 2 is 2.05 bits per heavy atom. The van der Waals surface area contributed by atoms with Gasteiger partial charge < -0.3 is 10.1 Å². The monoisotopic (exact) mass is 294 g/mol. The number of nitrogens with one attached hydrogen (secondary N) is 1. The van der Waals surface area contributed by atoms with Crippen LogP contribution in [0.25, 0.3) is 0 Å². The first kappa shape index (κ1) is 17.3. The number of nitrogens with zero attached hydrogens (tertiary/aromatic N) is 1. The number of hydrogen-bond donors (Lipinski definition) is 1. The Bertz CT molecular complexity index is 473. The van der Waals surface area contributed by atoms with Gasteiger partial charge in [0.2, 0.25) is 0 Å². The topological polar surface area (TPSA) is 64.4 Å². The standard InChI is InChI=1S/C16H26N2O3/c1-5-6-7-10-16(2,3)12-17-13-8-9-14(18(19)20)15(11-13)21-4/h8-9,11,17H,5-7,10,12H2,1-4H3. The van der Waals surface area contributed by atoms with E-state index in [0.717, 1.165) is 18.7 Å². The van der Waals surface area contributed by atoms with Crippen LogP contribution in [0.3, 0.4) is 0 Å². The highest BCUT2D eigenvalue weighted by atomic mass is 16.6. The lowest BCUT2D eigenvalue weighted by molar-refractivity contribution is -0.385. The number of nitro groups is 1. The summed E-state index contributed by atoms with van der Waals surface area (Å²) in [6.07, 6.45) is 4.88. The summed E-state index contributed by atoms with van der Waals surface area (Å²) >= 11 is 0. The molecular weight excluding hydrogens is 268 g/mol. The molecule has 118 valence electrons. The Hall–Kier alpha value is -1.78. The van der Waals surface area contributed by atoms with Gasteiger partial charge in [-0.25, -0.2) is 0 Å². The number of anilines is 1. The highest BCUT2D eigenvalue weighted by Gasteiger charge is 2.18. The van der Waals surface area contributed by atoms with Crippen LogP contribution in [0.15, 0.2) is 18.2 Å². The Kier molecular flexibility index (Phi) is 6.46. The first-order valence-corrected chi connectivity index (χ1v) is 7.46.